The number of rotatable bonds is 4. The smallest absolute Gasteiger partial charge is 0.256 e. The first kappa shape index (κ1) is 17.5. The Balaban J connectivity index is 1.72. The maximum atomic E-state index is 13.0. The molecule has 4 nitrogen and oxygen atoms in total. The lowest BCUT2D eigenvalue weighted by Gasteiger charge is -2.13. The maximum Gasteiger partial charge on any atom is 0.256 e. The molecule has 136 valence electrons. The minimum atomic E-state index is -0.274. The van der Waals surface area contributed by atoms with Crippen LogP contribution in [0.3, 0.4) is 0 Å². The van der Waals surface area contributed by atoms with E-state index in [2.05, 4.69) is 5.32 Å². The van der Waals surface area contributed by atoms with Crippen molar-refractivity contribution in [3.63, 3.8) is 0 Å². The summed E-state index contributed by atoms with van der Waals surface area (Å²) in [6.45, 7) is 0. The molecule has 0 saturated heterocycles. The molecular weight excluding hydrogens is 348 g/mol. The van der Waals surface area contributed by atoms with Crippen molar-refractivity contribution in [3.05, 3.63) is 108 Å². The molecule has 0 bridgehead atoms. The molecule has 0 aliphatic heterocycles. The second kappa shape index (κ2) is 7.37. The van der Waals surface area contributed by atoms with Gasteiger partial charge >= 0.3 is 0 Å². The molecule has 4 aromatic carbocycles. The Morgan fingerprint density at radius 1 is 0.714 bits per heavy atom. The lowest BCUT2D eigenvalue weighted by molar-refractivity contribution is 0.102. The standard InChI is InChI=1S/C24H18N2O2/c25-18-13-14-22(21(15-18)23(27)17-8-2-1-3-9-17)26-24(28)20-12-6-10-16-7-4-5-11-19(16)20/h1-15H,25H2,(H,26,28). The number of anilines is 2. The minimum absolute atomic E-state index is 0.193. The summed E-state index contributed by atoms with van der Waals surface area (Å²) < 4.78 is 0. The Labute approximate surface area is 162 Å². The summed E-state index contributed by atoms with van der Waals surface area (Å²) in [6, 6.07) is 27.1. The van der Waals surface area contributed by atoms with Crippen LogP contribution < -0.4 is 11.1 Å². The molecule has 28 heavy (non-hydrogen) atoms. The normalized spacial score (nSPS) is 10.6. The van der Waals surface area contributed by atoms with Gasteiger partial charge in [-0.1, -0.05) is 66.7 Å². The summed E-state index contributed by atoms with van der Waals surface area (Å²) in [4.78, 5) is 25.9. The second-order valence-corrected chi connectivity index (χ2v) is 6.48. The van der Waals surface area contributed by atoms with Crippen molar-refractivity contribution >= 4 is 33.8 Å². The van der Waals surface area contributed by atoms with Crippen LogP contribution in [0.1, 0.15) is 26.3 Å². The fourth-order valence-electron chi connectivity index (χ4n) is 3.22. The van der Waals surface area contributed by atoms with E-state index in [4.69, 9.17) is 5.73 Å². The number of amides is 1. The van der Waals surface area contributed by atoms with Crippen LogP contribution in [0.25, 0.3) is 10.8 Å². The van der Waals surface area contributed by atoms with Crippen LogP contribution >= 0.6 is 0 Å². The number of hydrogen-bond acceptors (Lipinski definition) is 3. The number of nitrogen functional groups attached to an aromatic ring is 1. The van der Waals surface area contributed by atoms with E-state index in [1.54, 1.807) is 48.5 Å². The number of ketones is 1. The Morgan fingerprint density at radius 2 is 1.43 bits per heavy atom. The molecule has 0 saturated carbocycles. The van der Waals surface area contributed by atoms with Gasteiger partial charge in [0, 0.05) is 22.4 Å². The van der Waals surface area contributed by atoms with E-state index in [1.807, 2.05) is 42.5 Å². The second-order valence-electron chi connectivity index (χ2n) is 6.48. The fraction of sp³-hybridized carbons (Fsp3) is 0. The van der Waals surface area contributed by atoms with Crippen molar-refractivity contribution in [2.45, 2.75) is 0 Å². The molecule has 0 aromatic heterocycles. The number of carbonyl (C=O) groups is 2. The zero-order valence-corrected chi connectivity index (χ0v) is 15.1. The minimum Gasteiger partial charge on any atom is -0.399 e. The van der Waals surface area contributed by atoms with Crippen LogP contribution in [0.5, 0.6) is 0 Å². The van der Waals surface area contributed by atoms with Crippen molar-refractivity contribution in [1.29, 1.82) is 0 Å². The third-order valence-electron chi connectivity index (χ3n) is 4.61. The zero-order valence-electron chi connectivity index (χ0n) is 15.1. The van der Waals surface area contributed by atoms with Crippen molar-refractivity contribution in [3.8, 4) is 0 Å². The molecule has 0 aliphatic rings. The maximum absolute atomic E-state index is 13.0. The summed E-state index contributed by atoms with van der Waals surface area (Å²) in [5.74, 6) is -0.468. The number of nitrogens with two attached hydrogens (primary N) is 1. The highest BCUT2D eigenvalue weighted by atomic mass is 16.1. The summed E-state index contributed by atoms with van der Waals surface area (Å²) in [5, 5.41) is 4.72. The van der Waals surface area contributed by atoms with Crippen molar-refractivity contribution in [1.82, 2.24) is 0 Å². The van der Waals surface area contributed by atoms with Crippen LogP contribution in [-0.2, 0) is 0 Å². The van der Waals surface area contributed by atoms with Gasteiger partial charge in [-0.2, -0.15) is 0 Å². The monoisotopic (exact) mass is 366 g/mol. The van der Waals surface area contributed by atoms with E-state index < -0.39 is 0 Å². The third-order valence-corrected chi connectivity index (χ3v) is 4.61. The molecule has 0 spiro atoms. The van der Waals surface area contributed by atoms with Crippen molar-refractivity contribution in [2.24, 2.45) is 0 Å². The highest BCUT2D eigenvalue weighted by Gasteiger charge is 2.17. The molecular formula is C24H18N2O2. The first-order chi connectivity index (χ1) is 13.6. The average Bonchev–Trinajstić information content (AvgIpc) is 2.74. The van der Waals surface area contributed by atoms with Gasteiger partial charge in [0.15, 0.2) is 5.78 Å². The van der Waals surface area contributed by atoms with Gasteiger partial charge in [0.2, 0.25) is 0 Å². The van der Waals surface area contributed by atoms with Crippen LogP contribution in [0, 0.1) is 0 Å². The van der Waals surface area contributed by atoms with Crippen molar-refractivity contribution in [2.75, 3.05) is 11.1 Å². The van der Waals surface area contributed by atoms with Gasteiger partial charge < -0.3 is 11.1 Å². The molecule has 4 rings (SSSR count). The first-order valence-corrected chi connectivity index (χ1v) is 8.92. The summed E-state index contributed by atoms with van der Waals surface area (Å²) >= 11 is 0. The van der Waals surface area contributed by atoms with Gasteiger partial charge in [-0.25, -0.2) is 0 Å². The Hall–Kier alpha value is -3.92. The zero-order chi connectivity index (χ0) is 19.5. The van der Waals surface area contributed by atoms with E-state index in [1.165, 1.54) is 0 Å². The summed E-state index contributed by atoms with van der Waals surface area (Å²) in [7, 11) is 0. The van der Waals surface area contributed by atoms with E-state index in [0.717, 1.165) is 10.8 Å². The number of benzene rings is 4. The summed E-state index contributed by atoms with van der Waals surface area (Å²) in [5.41, 5.74) is 8.23. The Kier molecular flexibility index (Phi) is 4.60. The molecule has 0 atom stereocenters. The highest BCUT2D eigenvalue weighted by Crippen LogP contribution is 2.25. The van der Waals surface area contributed by atoms with Gasteiger partial charge in [0.1, 0.15) is 0 Å². The number of nitrogens with one attached hydrogen (secondary N) is 1. The van der Waals surface area contributed by atoms with Crippen LogP contribution in [0.15, 0.2) is 91.0 Å². The lowest BCUT2D eigenvalue weighted by Crippen LogP contribution is -2.16. The SMILES string of the molecule is Nc1ccc(NC(=O)c2cccc3ccccc23)c(C(=O)c2ccccc2)c1. The van der Waals surface area contributed by atoms with E-state index >= 15 is 0 Å². The van der Waals surface area contributed by atoms with Gasteiger partial charge in [-0.15, -0.1) is 0 Å². The van der Waals surface area contributed by atoms with Crippen molar-refractivity contribution < 1.29 is 9.59 Å². The summed E-state index contributed by atoms with van der Waals surface area (Å²) in [6.07, 6.45) is 0. The topological polar surface area (TPSA) is 72.2 Å². The molecule has 0 unspecified atom stereocenters. The lowest BCUT2D eigenvalue weighted by atomic mass is 10.00. The molecule has 0 heterocycles. The largest absolute Gasteiger partial charge is 0.399 e. The van der Waals surface area contributed by atoms with Crippen LogP contribution in [-0.4, -0.2) is 11.7 Å². The number of fused-ring (bicyclic) bond motifs is 1. The fourth-order valence-corrected chi connectivity index (χ4v) is 3.22. The van der Waals surface area contributed by atoms with E-state index in [-0.39, 0.29) is 11.7 Å². The molecule has 4 heteroatoms. The highest BCUT2D eigenvalue weighted by molar-refractivity contribution is 6.18. The number of carbonyl (C=O) groups excluding carboxylic acids is 2. The molecule has 0 radical (unpaired) electrons. The van der Waals surface area contributed by atoms with Gasteiger partial charge in [0.25, 0.3) is 5.91 Å². The average molecular weight is 366 g/mol. The predicted octanol–water partition coefficient (Wildman–Crippen LogP) is 4.91. The molecule has 0 fully saturated rings. The van der Waals surface area contributed by atoms with E-state index in [0.29, 0.717) is 28.1 Å². The third kappa shape index (κ3) is 3.35. The Bertz CT molecular complexity index is 1180. The Morgan fingerprint density at radius 3 is 2.25 bits per heavy atom. The van der Waals surface area contributed by atoms with Gasteiger partial charge in [-0.3, -0.25) is 9.59 Å². The van der Waals surface area contributed by atoms with Gasteiger partial charge in [0.05, 0.1) is 5.69 Å². The molecule has 3 N–H and O–H groups in total. The quantitative estimate of drug-likeness (QED) is 0.398. The van der Waals surface area contributed by atoms with Gasteiger partial charge in [-0.05, 0) is 35.0 Å². The van der Waals surface area contributed by atoms with Crippen LogP contribution in [0.2, 0.25) is 0 Å². The van der Waals surface area contributed by atoms with E-state index in [9.17, 15) is 9.59 Å². The number of hydrogen-bond donors (Lipinski definition) is 2. The predicted molar refractivity (Wildman–Crippen MR) is 113 cm³/mol. The first-order valence-electron chi connectivity index (χ1n) is 8.92. The molecule has 1 amide bonds. The molecule has 0 aliphatic carbocycles. The molecule has 4 aromatic rings. The van der Waals surface area contributed by atoms with Crippen LogP contribution in [0.4, 0.5) is 11.4 Å².